The highest BCUT2D eigenvalue weighted by Gasteiger charge is 2.26. The Labute approximate surface area is 92.4 Å². The highest BCUT2D eigenvalue weighted by molar-refractivity contribution is 5.72. The van der Waals surface area contributed by atoms with E-state index in [1.165, 1.54) is 0 Å². The normalized spacial score (nSPS) is 26.3. The van der Waals surface area contributed by atoms with E-state index in [2.05, 4.69) is 6.92 Å². The second kappa shape index (κ2) is 6.83. The second-order valence-electron chi connectivity index (χ2n) is 4.50. The first-order valence-corrected chi connectivity index (χ1v) is 6.16. The fraction of sp³-hybridized carbons (Fsp3) is 0.917. The van der Waals surface area contributed by atoms with Gasteiger partial charge in [0.2, 0.25) is 0 Å². The zero-order valence-electron chi connectivity index (χ0n) is 9.71. The van der Waals surface area contributed by atoms with Gasteiger partial charge in [-0.2, -0.15) is 0 Å². The third-order valence-corrected chi connectivity index (χ3v) is 3.04. The first kappa shape index (κ1) is 12.5. The number of carbonyl (C=O) groups excluding carboxylic acids is 1. The van der Waals surface area contributed by atoms with E-state index in [0.717, 1.165) is 44.9 Å². The summed E-state index contributed by atoms with van der Waals surface area (Å²) >= 11 is 0. The largest absolute Gasteiger partial charge is 0.465 e. The smallest absolute Gasteiger partial charge is 0.308 e. The summed E-state index contributed by atoms with van der Waals surface area (Å²) in [6, 6.07) is 0.201. The zero-order chi connectivity index (χ0) is 11.1. The third kappa shape index (κ3) is 4.65. The Morgan fingerprint density at radius 1 is 1.40 bits per heavy atom. The van der Waals surface area contributed by atoms with Gasteiger partial charge in [-0.15, -0.1) is 0 Å². The number of hydrogen-bond acceptors (Lipinski definition) is 3. The lowest BCUT2D eigenvalue weighted by Gasteiger charge is -2.24. The van der Waals surface area contributed by atoms with Gasteiger partial charge >= 0.3 is 5.97 Å². The predicted octanol–water partition coefficient (Wildman–Crippen LogP) is 2.24. The molecule has 2 atom stereocenters. The molecule has 1 saturated carbocycles. The van der Waals surface area contributed by atoms with Gasteiger partial charge < -0.3 is 10.5 Å². The first-order valence-electron chi connectivity index (χ1n) is 6.16. The molecule has 2 N–H and O–H groups in total. The van der Waals surface area contributed by atoms with Crippen LogP contribution in [-0.4, -0.2) is 18.6 Å². The van der Waals surface area contributed by atoms with Gasteiger partial charge in [-0.25, -0.2) is 0 Å². The van der Waals surface area contributed by atoms with Crippen molar-refractivity contribution in [1.29, 1.82) is 0 Å². The first-order chi connectivity index (χ1) is 7.24. The van der Waals surface area contributed by atoms with E-state index in [9.17, 15) is 4.79 Å². The highest BCUT2D eigenvalue weighted by atomic mass is 16.5. The summed E-state index contributed by atoms with van der Waals surface area (Å²) in [6.45, 7) is 2.72. The number of ether oxygens (including phenoxy) is 1. The quantitative estimate of drug-likeness (QED) is 0.563. The van der Waals surface area contributed by atoms with Crippen LogP contribution in [0.5, 0.6) is 0 Å². The molecular formula is C12H23NO2. The molecule has 0 saturated heterocycles. The monoisotopic (exact) mass is 213 g/mol. The fourth-order valence-electron chi connectivity index (χ4n) is 2.08. The second-order valence-corrected chi connectivity index (χ2v) is 4.50. The summed E-state index contributed by atoms with van der Waals surface area (Å²) in [7, 11) is 0. The fourth-order valence-corrected chi connectivity index (χ4v) is 2.08. The molecular weight excluding hydrogens is 190 g/mol. The number of hydrogen-bond donors (Lipinski definition) is 1. The predicted molar refractivity (Wildman–Crippen MR) is 60.4 cm³/mol. The average molecular weight is 213 g/mol. The van der Waals surface area contributed by atoms with Crippen molar-refractivity contribution in [2.75, 3.05) is 6.61 Å². The average Bonchev–Trinajstić information content (AvgIpc) is 2.24. The number of esters is 1. The van der Waals surface area contributed by atoms with Crippen molar-refractivity contribution in [1.82, 2.24) is 0 Å². The van der Waals surface area contributed by atoms with Crippen LogP contribution in [-0.2, 0) is 9.53 Å². The third-order valence-electron chi connectivity index (χ3n) is 3.04. The van der Waals surface area contributed by atoms with Gasteiger partial charge in [0.1, 0.15) is 0 Å². The number of carbonyl (C=O) groups is 1. The van der Waals surface area contributed by atoms with Gasteiger partial charge in [-0.3, -0.25) is 4.79 Å². The molecule has 0 aromatic heterocycles. The van der Waals surface area contributed by atoms with Crippen molar-refractivity contribution >= 4 is 5.97 Å². The molecule has 0 spiro atoms. The Morgan fingerprint density at radius 2 is 2.20 bits per heavy atom. The lowest BCUT2D eigenvalue weighted by Crippen LogP contribution is -2.32. The van der Waals surface area contributed by atoms with Crippen molar-refractivity contribution in [2.45, 2.75) is 57.9 Å². The van der Waals surface area contributed by atoms with Crippen molar-refractivity contribution in [3.05, 3.63) is 0 Å². The Hall–Kier alpha value is -0.570. The van der Waals surface area contributed by atoms with Crippen LogP contribution in [0.1, 0.15) is 51.9 Å². The zero-order valence-corrected chi connectivity index (χ0v) is 9.71. The summed E-state index contributed by atoms with van der Waals surface area (Å²) < 4.78 is 5.24. The lowest BCUT2D eigenvalue weighted by atomic mass is 9.86. The van der Waals surface area contributed by atoms with Crippen LogP contribution in [0.4, 0.5) is 0 Å². The van der Waals surface area contributed by atoms with E-state index in [4.69, 9.17) is 10.5 Å². The molecule has 0 bridgehead atoms. The molecule has 1 fully saturated rings. The summed E-state index contributed by atoms with van der Waals surface area (Å²) in [5.41, 5.74) is 5.83. The van der Waals surface area contributed by atoms with E-state index < -0.39 is 0 Å². The molecule has 1 aliphatic rings. The van der Waals surface area contributed by atoms with Crippen LogP contribution >= 0.6 is 0 Å². The van der Waals surface area contributed by atoms with Gasteiger partial charge in [-0.05, 0) is 25.7 Å². The molecule has 3 nitrogen and oxygen atoms in total. The molecule has 15 heavy (non-hydrogen) atoms. The SMILES string of the molecule is CCCCCOC(=O)C1CCCC(N)C1. The minimum absolute atomic E-state index is 0.0266. The highest BCUT2D eigenvalue weighted by Crippen LogP contribution is 2.24. The maximum Gasteiger partial charge on any atom is 0.308 e. The summed E-state index contributed by atoms with van der Waals surface area (Å²) in [4.78, 5) is 11.6. The van der Waals surface area contributed by atoms with E-state index in [1.807, 2.05) is 0 Å². The number of rotatable bonds is 5. The summed E-state index contributed by atoms with van der Waals surface area (Å²) in [6.07, 6.45) is 7.17. The molecule has 0 aromatic carbocycles. The molecule has 0 heterocycles. The number of unbranched alkanes of at least 4 members (excludes halogenated alkanes) is 2. The molecule has 3 heteroatoms. The Kier molecular flexibility index (Phi) is 5.69. The molecule has 0 amide bonds. The van der Waals surface area contributed by atoms with Crippen LogP contribution in [0.15, 0.2) is 0 Å². The van der Waals surface area contributed by atoms with E-state index in [1.54, 1.807) is 0 Å². The molecule has 1 rings (SSSR count). The van der Waals surface area contributed by atoms with Gasteiger partial charge in [0.25, 0.3) is 0 Å². The van der Waals surface area contributed by atoms with E-state index >= 15 is 0 Å². The van der Waals surface area contributed by atoms with Crippen molar-refractivity contribution in [2.24, 2.45) is 11.7 Å². The van der Waals surface area contributed by atoms with E-state index in [-0.39, 0.29) is 17.9 Å². The van der Waals surface area contributed by atoms with Gasteiger partial charge in [0.15, 0.2) is 0 Å². The Balaban J connectivity index is 2.15. The van der Waals surface area contributed by atoms with Crippen LogP contribution in [0, 0.1) is 5.92 Å². The van der Waals surface area contributed by atoms with Crippen molar-refractivity contribution < 1.29 is 9.53 Å². The van der Waals surface area contributed by atoms with Crippen LogP contribution in [0.25, 0.3) is 0 Å². The standard InChI is InChI=1S/C12H23NO2/c1-2-3-4-8-15-12(14)10-6-5-7-11(13)9-10/h10-11H,2-9,13H2,1H3. The van der Waals surface area contributed by atoms with Crippen LogP contribution < -0.4 is 5.73 Å². The van der Waals surface area contributed by atoms with Crippen molar-refractivity contribution in [3.8, 4) is 0 Å². The molecule has 2 unspecified atom stereocenters. The van der Waals surface area contributed by atoms with Gasteiger partial charge in [-0.1, -0.05) is 26.2 Å². The lowest BCUT2D eigenvalue weighted by molar-refractivity contribution is -0.150. The van der Waals surface area contributed by atoms with Crippen LogP contribution in [0.2, 0.25) is 0 Å². The maximum absolute atomic E-state index is 11.6. The molecule has 88 valence electrons. The minimum Gasteiger partial charge on any atom is -0.465 e. The van der Waals surface area contributed by atoms with Gasteiger partial charge in [0, 0.05) is 6.04 Å². The minimum atomic E-state index is -0.0266. The van der Waals surface area contributed by atoms with E-state index in [0.29, 0.717) is 6.61 Å². The molecule has 1 aliphatic carbocycles. The van der Waals surface area contributed by atoms with Crippen molar-refractivity contribution in [3.63, 3.8) is 0 Å². The molecule has 0 radical (unpaired) electrons. The summed E-state index contributed by atoms with van der Waals surface area (Å²) in [5, 5.41) is 0. The molecule has 0 aromatic rings. The van der Waals surface area contributed by atoms with Gasteiger partial charge in [0.05, 0.1) is 12.5 Å². The number of nitrogens with two attached hydrogens (primary N) is 1. The summed E-state index contributed by atoms with van der Waals surface area (Å²) in [5.74, 6) is 0.0385. The molecule has 0 aliphatic heterocycles. The Morgan fingerprint density at radius 3 is 2.87 bits per heavy atom. The Bertz CT molecular complexity index is 194. The van der Waals surface area contributed by atoms with Crippen LogP contribution in [0.3, 0.4) is 0 Å². The topological polar surface area (TPSA) is 52.3 Å². The maximum atomic E-state index is 11.6.